The van der Waals surface area contributed by atoms with Gasteiger partial charge in [0, 0.05) is 49.8 Å². The van der Waals surface area contributed by atoms with Crippen molar-refractivity contribution in [3.8, 4) is 0 Å². The van der Waals surface area contributed by atoms with Crippen molar-refractivity contribution in [3.63, 3.8) is 0 Å². The van der Waals surface area contributed by atoms with Gasteiger partial charge >= 0.3 is 0 Å². The Morgan fingerprint density at radius 2 is 2.21 bits per heavy atom. The highest BCUT2D eigenvalue weighted by Gasteiger charge is 2.11. The topological polar surface area (TPSA) is 34.8 Å². The zero-order chi connectivity index (χ0) is 13.8. The van der Waals surface area contributed by atoms with Gasteiger partial charge in [-0.05, 0) is 31.9 Å². The fraction of sp³-hybridized carbons (Fsp3) is 0.533. The van der Waals surface area contributed by atoms with Gasteiger partial charge in [-0.25, -0.2) is 0 Å². The smallest absolute Gasteiger partial charge is 0.0540 e. The molecule has 2 aromatic rings. The van der Waals surface area contributed by atoms with Crippen molar-refractivity contribution in [2.24, 2.45) is 7.05 Å². The molecule has 0 aliphatic heterocycles. The average molecular weight is 260 g/mol. The Labute approximate surface area is 115 Å². The summed E-state index contributed by atoms with van der Waals surface area (Å²) >= 11 is 0. The van der Waals surface area contributed by atoms with Crippen molar-refractivity contribution in [1.29, 1.82) is 0 Å². The van der Waals surface area contributed by atoms with Crippen LogP contribution in [0.2, 0.25) is 0 Å². The number of nitrogens with zero attached hydrogens (tertiary/aromatic N) is 3. The third-order valence-electron chi connectivity index (χ3n) is 3.65. The van der Waals surface area contributed by atoms with E-state index in [0.717, 1.165) is 13.1 Å². The molecule has 2 aromatic heterocycles. The number of hydrogen-bond donors (Lipinski definition) is 1. The molecule has 0 spiro atoms. The van der Waals surface area contributed by atoms with E-state index in [1.165, 1.54) is 23.2 Å². The zero-order valence-electron chi connectivity index (χ0n) is 12.3. The predicted octanol–water partition coefficient (Wildman–Crippen LogP) is 2.79. The van der Waals surface area contributed by atoms with Crippen LogP contribution in [0.1, 0.15) is 43.1 Å². The summed E-state index contributed by atoms with van der Waals surface area (Å²) in [5.74, 6) is 0. The highest BCUT2D eigenvalue weighted by atomic mass is 15.3. The molecule has 1 unspecified atom stereocenters. The molecule has 0 aliphatic rings. The minimum Gasteiger partial charge on any atom is -0.354 e. The second-order valence-corrected chi connectivity index (χ2v) is 5.17. The molecular formula is C15H24N4. The van der Waals surface area contributed by atoms with Crippen molar-refractivity contribution in [3.05, 3.63) is 41.5 Å². The summed E-state index contributed by atoms with van der Waals surface area (Å²) in [5, 5.41) is 7.85. The molecule has 4 heteroatoms. The molecule has 2 rings (SSSR count). The number of rotatable bonds is 6. The van der Waals surface area contributed by atoms with E-state index >= 15 is 0 Å². The second kappa shape index (κ2) is 6.06. The van der Waals surface area contributed by atoms with Crippen molar-refractivity contribution in [2.45, 2.75) is 46.3 Å². The third-order valence-corrected chi connectivity index (χ3v) is 3.65. The summed E-state index contributed by atoms with van der Waals surface area (Å²) in [4.78, 5) is 0. The summed E-state index contributed by atoms with van der Waals surface area (Å²) < 4.78 is 4.17. The highest BCUT2D eigenvalue weighted by molar-refractivity contribution is 5.20. The van der Waals surface area contributed by atoms with Gasteiger partial charge in [-0.15, -0.1) is 0 Å². The van der Waals surface area contributed by atoms with Gasteiger partial charge in [0.05, 0.1) is 6.20 Å². The first-order chi connectivity index (χ1) is 9.11. The zero-order valence-corrected chi connectivity index (χ0v) is 12.3. The molecule has 0 saturated carbocycles. The number of nitrogens with one attached hydrogen (secondary N) is 1. The van der Waals surface area contributed by atoms with Crippen LogP contribution in [0.4, 0.5) is 0 Å². The number of hydrogen-bond acceptors (Lipinski definition) is 2. The summed E-state index contributed by atoms with van der Waals surface area (Å²) in [6.45, 7) is 8.49. The van der Waals surface area contributed by atoms with Gasteiger partial charge < -0.3 is 9.88 Å². The molecule has 104 valence electrons. The molecule has 0 radical (unpaired) electrons. The van der Waals surface area contributed by atoms with Crippen LogP contribution in [-0.4, -0.2) is 14.3 Å². The van der Waals surface area contributed by atoms with E-state index in [1.807, 2.05) is 17.9 Å². The van der Waals surface area contributed by atoms with Crippen LogP contribution in [-0.2, 0) is 20.1 Å². The van der Waals surface area contributed by atoms with Gasteiger partial charge in [0.1, 0.15) is 0 Å². The van der Waals surface area contributed by atoms with E-state index in [-0.39, 0.29) is 0 Å². The van der Waals surface area contributed by atoms with E-state index in [0.29, 0.717) is 6.04 Å². The Kier molecular flexibility index (Phi) is 4.43. The first-order valence-electron chi connectivity index (χ1n) is 6.98. The standard InChI is InChI=1S/C15H24N4/c1-5-7-19-8-6-14(11-19)9-16-12(2)15-10-17-18(4)13(15)3/h6,8,10-12,16H,5,7,9H2,1-4H3. The Bertz CT molecular complexity index is 524. The summed E-state index contributed by atoms with van der Waals surface area (Å²) in [6, 6.07) is 2.51. The largest absolute Gasteiger partial charge is 0.354 e. The first kappa shape index (κ1) is 13.9. The first-order valence-corrected chi connectivity index (χ1v) is 6.98. The molecule has 0 amide bonds. The van der Waals surface area contributed by atoms with Crippen LogP contribution in [0.3, 0.4) is 0 Å². The van der Waals surface area contributed by atoms with Crippen molar-refractivity contribution < 1.29 is 0 Å². The normalized spacial score (nSPS) is 12.8. The molecule has 0 aromatic carbocycles. The summed E-state index contributed by atoms with van der Waals surface area (Å²) in [5.41, 5.74) is 3.83. The Morgan fingerprint density at radius 3 is 2.84 bits per heavy atom. The van der Waals surface area contributed by atoms with Gasteiger partial charge in [-0.2, -0.15) is 5.10 Å². The Hall–Kier alpha value is -1.55. The summed E-state index contributed by atoms with van der Waals surface area (Å²) in [7, 11) is 1.98. The molecule has 2 heterocycles. The number of aromatic nitrogens is 3. The maximum atomic E-state index is 4.29. The van der Waals surface area contributed by atoms with Crippen LogP contribution in [0.15, 0.2) is 24.7 Å². The average Bonchev–Trinajstić information content (AvgIpc) is 2.96. The lowest BCUT2D eigenvalue weighted by Crippen LogP contribution is -2.18. The SMILES string of the molecule is CCCn1ccc(CNC(C)c2cnn(C)c2C)c1. The van der Waals surface area contributed by atoms with Gasteiger partial charge in [0.2, 0.25) is 0 Å². The van der Waals surface area contributed by atoms with E-state index in [9.17, 15) is 0 Å². The highest BCUT2D eigenvalue weighted by Crippen LogP contribution is 2.16. The Morgan fingerprint density at radius 1 is 1.42 bits per heavy atom. The lowest BCUT2D eigenvalue weighted by atomic mass is 10.1. The monoisotopic (exact) mass is 260 g/mol. The van der Waals surface area contributed by atoms with Crippen molar-refractivity contribution >= 4 is 0 Å². The molecule has 19 heavy (non-hydrogen) atoms. The second-order valence-electron chi connectivity index (χ2n) is 5.17. The van der Waals surface area contributed by atoms with Gasteiger partial charge in [0.25, 0.3) is 0 Å². The van der Waals surface area contributed by atoms with E-state index in [4.69, 9.17) is 0 Å². The molecule has 0 saturated heterocycles. The van der Waals surface area contributed by atoms with Crippen molar-refractivity contribution in [2.75, 3.05) is 0 Å². The minimum atomic E-state index is 0.322. The van der Waals surface area contributed by atoms with E-state index < -0.39 is 0 Å². The molecule has 0 aliphatic carbocycles. The Balaban J connectivity index is 1.92. The lowest BCUT2D eigenvalue weighted by molar-refractivity contribution is 0.569. The van der Waals surface area contributed by atoms with Crippen LogP contribution >= 0.6 is 0 Å². The molecule has 1 N–H and O–H groups in total. The molecule has 0 bridgehead atoms. The van der Waals surface area contributed by atoms with Crippen LogP contribution in [0.25, 0.3) is 0 Å². The lowest BCUT2D eigenvalue weighted by Gasteiger charge is -2.13. The number of aryl methyl sites for hydroxylation is 2. The van der Waals surface area contributed by atoms with Crippen molar-refractivity contribution in [1.82, 2.24) is 19.7 Å². The summed E-state index contributed by atoms with van der Waals surface area (Å²) in [6.07, 6.45) is 7.50. The van der Waals surface area contributed by atoms with Crippen LogP contribution in [0.5, 0.6) is 0 Å². The van der Waals surface area contributed by atoms with Gasteiger partial charge in [-0.3, -0.25) is 4.68 Å². The van der Waals surface area contributed by atoms with E-state index in [1.54, 1.807) is 0 Å². The minimum absolute atomic E-state index is 0.322. The van der Waals surface area contributed by atoms with Gasteiger partial charge in [-0.1, -0.05) is 6.92 Å². The fourth-order valence-corrected chi connectivity index (χ4v) is 2.31. The molecule has 0 fully saturated rings. The van der Waals surface area contributed by atoms with Crippen LogP contribution in [0, 0.1) is 6.92 Å². The molecular weight excluding hydrogens is 236 g/mol. The molecule has 1 atom stereocenters. The fourth-order valence-electron chi connectivity index (χ4n) is 2.31. The maximum Gasteiger partial charge on any atom is 0.0540 e. The predicted molar refractivity (Wildman–Crippen MR) is 77.9 cm³/mol. The maximum absolute atomic E-state index is 4.29. The van der Waals surface area contributed by atoms with E-state index in [2.05, 4.69) is 54.2 Å². The third kappa shape index (κ3) is 3.26. The van der Waals surface area contributed by atoms with Crippen LogP contribution < -0.4 is 5.32 Å². The quantitative estimate of drug-likeness (QED) is 0.866. The molecule has 4 nitrogen and oxygen atoms in total. The van der Waals surface area contributed by atoms with Gasteiger partial charge in [0.15, 0.2) is 0 Å².